The minimum absolute atomic E-state index is 0.263. The SMILES string of the molecule is CC(=O)Nc1c(-c2ccc(F)cc2)c(C)nn1-c1ccc(C(=O)Nc2cccc(C)n2)cc1. The van der Waals surface area contributed by atoms with Gasteiger partial charge in [-0.25, -0.2) is 14.1 Å². The van der Waals surface area contributed by atoms with Crippen molar-refractivity contribution in [3.8, 4) is 16.8 Å². The Morgan fingerprint density at radius 2 is 1.61 bits per heavy atom. The van der Waals surface area contributed by atoms with Crippen LogP contribution in [0.15, 0.2) is 66.7 Å². The van der Waals surface area contributed by atoms with Gasteiger partial charge in [-0.05, 0) is 67.9 Å². The second-order valence-corrected chi connectivity index (χ2v) is 7.57. The summed E-state index contributed by atoms with van der Waals surface area (Å²) in [6.45, 7) is 5.08. The van der Waals surface area contributed by atoms with Gasteiger partial charge in [-0.15, -0.1) is 0 Å². The molecule has 0 spiro atoms. The van der Waals surface area contributed by atoms with E-state index in [9.17, 15) is 14.0 Å². The molecule has 8 heteroatoms. The van der Waals surface area contributed by atoms with Crippen LogP contribution in [0.25, 0.3) is 16.8 Å². The Morgan fingerprint density at radius 3 is 2.24 bits per heavy atom. The Labute approximate surface area is 190 Å². The molecule has 0 aliphatic carbocycles. The van der Waals surface area contributed by atoms with E-state index in [0.29, 0.717) is 34.1 Å². The number of anilines is 2. The van der Waals surface area contributed by atoms with Gasteiger partial charge in [0.2, 0.25) is 5.91 Å². The minimum Gasteiger partial charge on any atom is -0.310 e. The van der Waals surface area contributed by atoms with E-state index >= 15 is 0 Å². The Kier molecular flexibility index (Phi) is 5.99. The summed E-state index contributed by atoms with van der Waals surface area (Å²) in [6, 6.07) is 18.2. The molecule has 0 saturated heterocycles. The van der Waals surface area contributed by atoms with Crippen molar-refractivity contribution >= 4 is 23.5 Å². The number of hydrogen-bond acceptors (Lipinski definition) is 4. The quantitative estimate of drug-likeness (QED) is 0.459. The summed E-state index contributed by atoms with van der Waals surface area (Å²) < 4.78 is 15.0. The van der Waals surface area contributed by atoms with Crippen LogP contribution in [0.3, 0.4) is 0 Å². The molecule has 2 aromatic carbocycles. The molecule has 2 aromatic heterocycles. The molecule has 2 amide bonds. The molecule has 0 fully saturated rings. The van der Waals surface area contributed by atoms with Crippen molar-refractivity contribution in [1.82, 2.24) is 14.8 Å². The summed E-state index contributed by atoms with van der Waals surface area (Å²) in [5.74, 6) is 0.0441. The van der Waals surface area contributed by atoms with Gasteiger partial charge in [-0.1, -0.05) is 18.2 Å². The number of pyridine rings is 1. The van der Waals surface area contributed by atoms with Crippen molar-refractivity contribution < 1.29 is 14.0 Å². The number of carbonyl (C=O) groups excluding carboxylic acids is 2. The van der Waals surface area contributed by atoms with Crippen LogP contribution in [0.1, 0.15) is 28.7 Å². The average Bonchev–Trinajstić information content (AvgIpc) is 3.09. The highest BCUT2D eigenvalue weighted by Crippen LogP contribution is 2.33. The second-order valence-electron chi connectivity index (χ2n) is 7.57. The Hall–Kier alpha value is -4.33. The van der Waals surface area contributed by atoms with E-state index in [1.807, 2.05) is 26.0 Å². The molecule has 2 N–H and O–H groups in total. The zero-order chi connectivity index (χ0) is 23.5. The molecule has 0 atom stereocenters. The number of amides is 2. The van der Waals surface area contributed by atoms with E-state index in [4.69, 9.17) is 0 Å². The standard InChI is InChI=1S/C25H22FN5O2/c1-15-5-4-6-22(27-15)29-25(33)19-9-13-21(14-10-19)31-24(28-17(3)32)23(16(2)30-31)18-7-11-20(26)12-8-18/h4-14H,1-3H3,(H,28,32)(H,27,29,33). The molecule has 0 aliphatic rings. The first-order valence-electron chi connectivity index (χ1n) is 10.3. The highest BCUT2D eigenvalue weighted by atomic mass is 19.1. The monoisotopic (exact) mass is 443 g/mol. The van der Waals surface area contributed by atoms with Crippen LogP contribution in [-0.4, -0.2) is 26.6 Å². The van der Waals surface area contributed by atoms with E-state index in [1.165, 1.54) is 19.1 Å². The summed E-state index contributed by atoms with van der Waals surface area (Å²) in [7, 11) is 0. The van der Waals surface area contributed by atoms with Gasteiger partial charge in [0.25, 0.3) is 5.91 Å². The highest BCUT2D eigenvalue weighted by molar-refractivity contribution is 6.04. The molecule has 166 valence electrons. The number of nitrogens with one attached hydrogen (secondary N) is 2. The van der Waals surface area contributed by atoms with Gasteiger partial charge in [0.05, 0.1) is 11.4 Å². The number of halogens is 1. The van der Waals surface area contributed by atoms with Crippen molar-refractivity contribution in [2.45, 2.75) is 20.8 Å². The lowest BCUT2D eigenvalue weighted by Gasteiger charge is -2.11. The molecule has 0 radical (unpaired) electrons. The van der Waals surface area contributed by atoms with Crippen LogP contribution in [-0.2, 0) is 4.79 Å². The minimum atomic E-state index is -0.348. The average molecular weight is 443 g/mol. The molecular weight excluding hydrogens is 421 g/mol. The molecule has 0 saturated carbocycles. The van der Waals surface area contributed by atoms with Crippen molar-refractivity contribution in [3.05, 3.63) is 89.5 Å². The van der Waals surface area contributed by atoms with E-state index in [0.717, 1.165) is 11.3 Å². The summed E-state index contributed by atoms with van der Waals surface area (Å²) in [4.78, 5) is 28.8. The third kappa shape index (κ3) is 4.79. The number of aromatic nitrogens is 3. The summed E-state index contributed by atoms with van der Waals surface area (Å²) >= 11 is 0. The van der Waals surface area contributed by atoms with E-state index < -0.39 is 0 Å². The van der Waals surface area contributed by atoms with Crippen LogP contribution in [0, 0.1) is 19.7 Å². The number of benzene rings is 2. The topological polar surface area (TPSA) is 88.9 Å². The summed E-state index contributed by atoms with van der Waals surface area (Å²) in [6.07, 6.45) is 0. The smallest absolute Gasteiger partial charge is 0.256 e. The fourth-order valence-electron chi connectivity index (χ4n) is 3.51. The summed E-state index contributed by atoms with van der Waals surface area (Å²) in [5.41, 5.74) is 3.99. The molecule has 0 aliphatic heterocycles. The number of hydrogen-bond donors (Lipinski definition) is 2. The van der Waals surface area contributed by atoms with Crippen LogP contribution in [0.5, 0.6) is 0 Å². The molecule has 0 unspecified atom stereocenters. The maximum atomic E-state index is 13.4. The van der Waals surface area contributed by atoms with Gasteiger partial charge >= 0.3 is 0 Å². The first-order chi connectivity index (χ1) is 15.8. The van der Waals surface area contributed by atoms with Crippen molar-refractivity contribution in [3.63, 3.8) is 0 Å². The molecule has 4 rings (SSSR count). The van der Waals surface area contributed by atoms with Crippen molar-refractivity contribution in [2.24, 2.45) is 0 Å². The second kappa shape index (κ2) is 9.04. The Balaban J connectivity index is 1.67. The number of aryl methyl sites for hydroxylation is 2. The maximum Gasteiger partial charge on any atom is 0.256 e. The zero-order valence-electron chi connectivity index (χ0n) is 18.4. The van der Waals surface area contributed by atoms with Gasteiger partial charge < -0.3 is 10.6 Å². The first kappa shape index (κ1) is 21.9. The molecule has 0 bridgehead atoms. The molecule has 4 aromatic rings. The fourth-order valence-corrected chi connectivity index (χ4v) is 3.51. The Morgan fingerprint density at radius 1 is 0.909 bits per heavy atom. The van der Waals surface area contributed by atoms with Crippen LogP contribution < -0.4 is 10.6 Å². The van der Waals surface area contributed by atoms with Crippen molar-refractivity contribution in [1.29, 1.82) is 0 Å². The molecule has 2 heterocycles. The number of rotatable bonds is 5. The third-order valence-electron chi connectivity index (χ3n) is 4.99. The van der Waals surface area contributed by atoms with Crippen molar-refractivity contribution in [2.75, 3.05) is 10.6 Å². The lowest BCUT2D eigenvalue weighted by Crippen LogP contribution is -2.14. The van der Waals surface area contributed by atoms with Gasteiger partial charge in [0.1, 0.15) is 17.5 Å². The molecule has 7 nitrogen and oxygen atoms in total. The van der Waals surface area contributed by atoms with Gasteiger partial charge in [-0.3, -0.25) is 9.59 Å². The highest BCUT2D eigenvalue weighted by Gasteiger charge is 2.19. The van der Waals surface area contributed by atoms with E-state index in [1.54, 1.807) is 47.1 Å². The third-order valence-corrected chi connectivity index (χ3v) is 4.99. The normalized spacial score (nSPS) is 10.7. The number of nitrogens with zero attached hydrogens (tertiary/aromatic N) is 3. The predicted molar refractivity (Wildman–Crippen MR) is 125 cm³/mol. The maximum absolute atomic E-state index is 13.4. The van der Waals surface area contributed by atoms with Gasteiger partial charge in [0, 0.05) is 23.7 Å². The predicted octanol–water partition coefficient (Wildman–Crippen LogP) is 4.90. The summed E-state index contributed by atoms with van der Waals surface area (Å²) in [5, 5.41) is 10.2. The lowest BCUT2D eigenvalue weighted by atomic mass is 10.1. The first-order valence-corrected chi connectivity index (χ1v) is 10.3. The molecular formula is C25H22FN5O2. The van der Waals surface area contributed by atoms with Crippen LogP contribution >= 0.6 is 0 Å². The molecule has 33 heavy (non-hydrogen) atoms. The van der Waals surface area contributed by atoms with Crippen LogP contribution in [0.2, 0.25) is 0 Å². The van der Waals surface area contributed by atoms with Crippen LogP contribution in [0.4, 0.5) is 16.0 Å². The fraction of sp³-hybridized carbons (Fsp3) is 0.120. The number of carbonyl (C=O) groups is 2. The largest absolute Gasteiger partial charge is 0.310 e. The Bertz CT molecular complexity index is 1330. The lowest BCUT2D eigenvalue weighted by molar-refractivity contribution is -0.114. The van der Waals surface area contributed by atoms with E-state index in [-0.39, 0.29) is 17.6 Å². The van der Waals surface area contributed by atoms with Gasteiger partial charge in [-0.2, -0.15) is 5.10 Å². The van der Waals surface area contributed by atoms with Gasteiger partial charge in [0.15, 0.2) is 0 Å². The van der Waals surface area contributed by atoms with E-state index in [2.05, 4.69) is 20.7 Å². The zero-order valence-corrected chi connectivity index (χ0v) is 18.4.